The van der Waals surface area contributed by atoms with Crippen LogP contribution < -0.4 is 5.73 Å². The Balaban J connectivity index is 0.00000441. The van der Waals surface area contributed by atoms with Crippen LogP contribution in [0.15, 0.2) is 30.3 Å². The number of benzene rings is 1. The summed E-state index contributed by atoms with van der Waals surface area (Å²) in [5, 5.41) is 0. The molecule has 0 spiro atoms. The zero-order valence-electron chi connectivity index (χ0n) is 13.5. The lowest BCUT2D eigenvalue weighted by Gasteiger charge is -2.05. The van der Waals surface area contributed by atoms with Gasteiger partial charge in [0.2, 0.25) is 0 Å². The van der Waals surface area contributed by atoms with E-state index in [2.05, 4.69) is 0 Å². The molecule has 3 nitrogen and oxygen atoms in total. The quantitative estimate of drug-likeness (QED) is 0.450. The number of nitrogens with two attached hydrogens (primary N) is 1. The summed E-state index contributed by atoms with van der Waals surface area (Å²) in [6.45, 7) is 1.20. The van der Waals surface area contributed by atoms with Crippen molar-refractivity contribution in [2.24, 2.45) is 5.73 Å². The van der Waals surface area contributed by atoms with E-state index in [4.69, 9.17) is 10.5 Å². The van der Waals surface area contributed by atoms with Gasteiger partial charge in [-0.1, -0.05) is 68.9 Å². The highest BCUT2D eigenvalue weighted by Crippen LogP contribution is 2.10. The molecular formula is C18H30ClNO2. The molecule has 0 aromatic heterocycles. The van der Waals surface area contributed by atoms with E-state index < -0.39 is 0 Å². The van der Waals surface area contributed by atoms with Gasteiger partial charge in [0.1, 0.15) is 6.61 Å². The Morgan fingerprint density at radius 3 is 2.00 bits per heavy atom. The van der Waals surface area contributed by atoms with Crippen molar-refractivity contribution < 1.29 is 9.53 Å². The minimum Gasteiger partial charge on any atom is -0.461 e. The van der Waals surface area contributed by atoms with Crippen LogP contribution in [0.25, 0.3) is 0 Å². The van der Waals surface area contributed by atoms with Crippen molar-refractivity contribution in [3.8, 4) is 0 Å². The third-order valence-corrected chi connectivity index (χ3v) is 3.58. The molecular weight excluding hydrogens is 298 g/mol. The number of hydrogen-bond donors (Lipinski definition) is 1. The molecule has 2 N–H and O–H groups in total. The topological polar surface area (TPSA) is 52.3 Å². The fourth-order valence-electron chi connectivity index (χ4n) is 2.28. The molecule has 0 fully saturated rings. The van der Waals surface area contributed by atoms with Gasteiger partial charge >= 0.3 is 5.97 Å². The molecule has 1 aromatic carbocycles. The number of unbranched alkanes of at least 4 members (excludes halogenated alkanes) is 7. The van der Waals surface area contributed by atoms with Gasteiger partial charge in [-0.25, -0.2) is 0 Å². The molecule has 0 aliphatic carbocycles. The second-order valence-electron chi connectivity index (χ2n) is 5.51. The van der Waals surface area contributed by atoms with E-state index in [1.54, 1.807) is 0 Å². The number of halogens is 1. The van der Waals surface area contributed by atoms with Crippen molar-refractivity contribution in [3.63, 3.8) is 0 Å². The number of carbonyl (C=O) groups is 1. The van der Waals surface area contributed by atoms with E-state index in [1.807, 2.05) is 30.3 Å². The van der Waals surface area contributed by atoms with Gasteiger partial charge in [0.15, 0.2) is 0 Å². The summed E-state index contributed by atoms with van der Waals surface area (Å²) in [5.41, 5.74) is 6.50. The molecule has 0 aliphatic rings. The average Bonchev–Trinajstić information content (AvgIpc) is 2.52. The SMILES string of the molecule is Cl.NCCCCCCCCCCC(=O)OCc1ccccc1. The summed E-state index contributed by atoms with van der Waals surface area (Å²) in [6.07, 6.45) is 10.1. The van der Waals surface area contributed by atoms with Gasteiger partial charge in [-0.3, -0.25) is 4.79 Å². The molecule has 1 rings (SSSR count). The van der Waals surface area contributed by atoms with Gasteiger partial charge in [-0.05, 0) is 24.9 Å². The second-order valence-corrected chi connectivity index (χ2v) is 5.51. The standard InChI is InChI=1S/C18H29NO2.ClH/c19-15-11-6-4-2-1-3-5-10-14-18(20)21-16-17-12-8-7-9-13-17;/h7-9,12-13H,1-6,10-11,14-16,19H2;1H. The van der Waals surface area contributed by atoms with Crippen molar-refractivity contribution in [3.05, 3.63) is 35.9 Å². The molecule has 0 bridgehead atoms. The Morgan fingerprint density at radius 2 is 1.41 bits per heavy atom. The Labute approximate surface area is 141 Å². The van der Waals surface area contributed by atoms with Crippen LogP contribution in [0.3, 0.4) is 0 Å². The monoisotopic (exact) mass is 327 g/mol. The Bertz CT molecular complexity index is 371. The van der Waals surface area contributed by atoms with E-state index in [1.165, 1.54) is 32.1 Å². The number of hydrogen-bond acceptors (Lipinski definition) is 3. The van der Waals surface area contributed by atoms with Crippen LogP contribution in [0.5, 0.6) is 0 Å². The molecule has 0 saturated carbocycles. The maximum absolute atomic E-state index is 11.6. The highest BCUT2D eigenvalue weighted by atomic mass is 35.5. The third-order valence-electron chi connectivity index (χ3n) is 3.58. The van der Waals surface area contributed by atoms with Crippen LogP contribution in [0.2, 0.25) is 0 Å². The Morgan fingerprint density at radius 1 is 0.864 bits per heavy atom. The predicted octanol–water partition coefficient (Wildman–Crippen LogP) is 4.62. The molecule has 0 radical (unpaired) electrons. The normalized spacial score (nSPS) is 10.0. The lowest BCUT2D eigenvalue weighted by Crippen LogP contribution is -2.04. The van der Waals surface area contributed by atoms with Gasteiger partial charge in [-0.15, -0.1) is 12.4 Å². The van der Waals surface area contributed by atoms with E-state index >= 15 is 0 Å². The van der Waals surface area contributed by atoms with Crippen LogP contribution in [0, 0.1) is 0 Å². The first-order chi connectivity index (χ1) is 10.3. The summed E-state index contributed by atoms with van der Waals surface area (Å²) < 4.78 is 5.25. The lowest BCUT2D eigenvalue weighted by atomic mass is 10.1. The number of ether oxygens (including phenoxy) is 1. The molecule has 0 amide bonds. The molecule has 0 saturated heterocycles. The largest absolute Gasteiger partial charge is 0.461 e. The average molecular weight is 328 g/mol. The summed E-state index contributed by atoms with van der Waals surface area (Å²) in [4.78, 5) is 11.6. The first kappa shape index (κ1) is 20.9. The van der Waals surface area contributed by atoms with Crippen LogP contribution >= 0.6 is 12.4 Å². The van der Waals surface area contributed by atoms with Gasteiger partial charge in [0.25, 0.3) is 0 Å². The zero-order valence-corrected chi connectivity index (χ0v) is 14.3. The summed E-state index contributed by atoms with van der Waals surface area (Å²) >= 11 is 0. The van der Waals surface area contributed by atoms with Crippen molar-refractivity contribution in [2.45, 2.75) is 64.4 Å². The Hall–Kier alpha value is -1.06. The first-order valence-corrected chi connectivity index (χ1v) is 8.22. The second kappa shape index (κ2) is 14.9. The molecule has 0 heterocycles. The molecule has 22 heavy (non-hydrogen) atoms. The minimum atomic E-state index is -0.0817. The van der Waals surface area contributed by atoms with E-state index in [0.717, 1.165) is 31.4 Å². The molecule has 4 heteroatoms. The van der Waals surface area contributed by atoms with Gasteiger partial charge in [0, 0.05) is 6.42 Å². The minimum absolute atomic E-state index is 0. The number of rotatable bonds is 12. The Kier molecular flexibility index (Phi) is 14.1. The van der Waals surface area contributed by atoms with Gasteiger partial charge < -0.3 is 10.5 Å². The van der Waals surface area contributed by atoms with Crippen molar-refractivity contribution in [1.29, 1.82) is 0 Å². The van der Waals surface area contributed by atoms with Crippen molar-refractivity contribution in [1.82, 2.24) is 0 Å². The summed E-state index contributed by atoms with van der Waals surface area (Å²) in [7, 11) is 0. The van der Waals surface area contributed by atoms with Crippen LogP contribution in [-0.2, 0) is 16.1 Å². The molecule has 0 aliphatic heterocycles. The molecule has 0 unspecified atom stereocenters. The fraction of sp³-hybridized carbons (Fsp3) is 0.611. The van der Waals surface area contributed by atoms with Gasteiger partial charge in [-0.2, -0.15) is 0 Å². The highest BCUT2D eigenvalue weighted by Gasteiger charge is 2.03. The predicted molar refractivity (Wildman–Crippen MR) is 94.1 cm³/mol. The van der Waals surface area contributed by atoms with Crippen LogP contribution in [0.1, 0.15) is 63.4 Å². The van der Waals surface area contributed by atoms with E-state index in [0.29, 0.717) is 13.0 Å². The van der Waals surface area contributed by atoms with Crippen LogP contribution in [0.4, 0.5) is 0 Å². The summed E-state index contributed by atoms with van der Waals surface area (Å²) in [5.74, 6) is -0.0817. The number of esters is 1. The van der Waals surface area contributed by atoms with Crippen molar-refractivity contribution in [2.75, 3.05) is 6.54 Å². The van der Waals surface area contributed by atoms with E-state index in [9.17, 15) is 4.79 Å². The third kappa shape index (κ3) is 11.6. The lowest BCUT2D eigenvalue weighted by molar-refractivity contribution is -0.145. The highest BCUT2D eigenvalue weighted by molar-refractivity contribution is 5.85. The fourth-order valence-corrected chi connectivity index (χ4v) is 2.28. The first-order valence-electron chi connectivity index (χ1n) is 8.22. The number of carbonyl (C=O) groups excluding carboxylic acids is 1. The zero-order chi connectivity index (χ0) is 15.2. The molecule has 1 aromatic rings. The summed E-state index contributed by atoms with van der Waals surface area (Å²) in [6, 6.07) is 9.81. The van der Waals surface area contributed by atoms with Crippen LogP contribution in [-0.4, -0.2) is 12.5 Å². The molecule has 0 atom stereocenters. The maximum Gasteiger partial charge on any atom is 0.306 e. The van der Waals surface area contributed by atoms with Crippen molar-refractivity contribution >= 4 is 18.4 Å². The molecule has 126 valence electrons. The smallest absolute Gasteiger partial charge is 0.306 e. The maximum atomic E-state index is 11.6. The van der Waals surface area contributed by atoms with E-state index in [-0.39, 0.29) is 18.4 Å². The van der Waals surface area contributed by atoms with Gasteiger partial charge in [0.05, 0.1) is 0 Å².